The quantitative estimate of drug-likeness (QED) is 0.0634. The van der Waals surface area contributed by atoms with Gasteiger partial charge >= 0.3 is 37.7 Å². The number of hydrogen-bond donors (Lipinski definition) is 0. The summed E-state index contributed by atoms with van der Waals surface area (Å²) in [7, 11) is 33.2. The number of amidine groups is 4. The number of fused-ring (bicyclic) bond motifs is 20. The van der Waals surface area contributed by atoms with Crippen LogP contribution in [0.1, 0.15) is 22.3 Å². The third-order valence-corrected chi connectivity index (χ3v) is 18.4. The smallest absolute Gasteiger partial charge is 0.357 e. The minimum atomic E-state index is 0. The molecule has 0 unspecified atom stereocenters. The molecule has 0 fully saturated rings. The maximum absolute atomic E-state index is 5.41. The molecule has 2 aliphatic rings. The number of aromatic nitrogens is 8. The van der Waals surface area contributed by atoms with Gasteiger partial charge in [0, 0.05) is 67.9 Å². The van der Waals surface area contributed by atoms with Crippen LogP contribution in [-0.2, 0) is 40.1 Å². The second-order valence-corrected chi connectivity index (χ2v) is 24.2. The van der Waals surface area contributed by atoms with Crippen LogP contribution in [0.25, 0.3) is 89.7 Å². The monoisotopic (exact) mass is 1160 g/mol. The molecule has 0 aliphatic carbocycles. The zero-order valence-corrected chi connectivity index (χ0v) is 51.1. The van der Waals surface area contributed by atoms with Crippen molar-refractivity contribution in [3.8, 4) is 45.6 Å². The third-order valence-electron chi connectivity index (χ3n) is 12.5. The van der Waals surface area contributed by atoms with Crippen LogP contribution in [0.3, 0.4) is 0 Å². The number of thioether (sulfide) groups is 4. The van der Waals surface area contributed by atoms with Crippen molar-refractivity contribution in [2.75, 3.05) is 113 Å². The molecule has 0 spiro atoms. The van der Waals surface area contributed by atoms with E-state index in [4.69, 9.17) is 39.9 Å². The minimum Gasteiger partial charge on any atom is -0.357 e. The summed E-state index contributed by atoms with van der Waals surface area (Å²) >= 11 is 7.13. The predicted octanol–water partition coefficient (Wildman–Crippen LogP) is 7.82. The Morgan fingerprint density at radius 2 is 0.610 bits per heavy atom. The van der Waals surface area contributed by atoms with Crippen LogP contribution in [0.15, 0.2) is 72.8 Å². The van der Waals surface area contributed by atoms with Gasteiger partial charge in [-0.05, 0) is 115 Å². The maximum atomic E-state index is 5.41. The van der Waals surface area contributed by atoms with E-state index >= 15 is 0 Å². The molecular weight excluding hydrogens is 1090 g/mol. The molecule has 9 rings (SSSR count). The van der Waals surface area contributed by atoms with Crippen LogP contribution in [0.5, 0.6) is 0 Å². The van der Waals surface area contributed by atoms with Gasteiger partial charge in [-0.2, -0.15) is 0 Å². The molecule has 4 aromatic carbocycles. The normalized spacial score (nSPS) is 11.4. The van der Waals surface area contributed by atoms with Gasteiger partial charge in [0.2, 0.25) is 0 Å². The molecule has 21 heteroatoms. The zero-order chi connectivity index (χ0) is 54.3. The van der Waals surface area contributed by atoms with Crippen LogP contribution in [0.2, 0.25) is 0 Å². The van der Waals surface area contributed by atoms with Gasteiger partial charge in [0.15, 0.2) is 0 Å². The van der Waals surface area contributed by atoms with E-state index in [-0.39, 0.29) is 17.1 Å². The van der Waals surface area contributed by atoms with E-state index in [1.807, 2.05) is 0 Å². The molecule has 0 saturated carbocycles. The Morgan fingerprint density at radius 3 is 0.896 bits per heavy atom. The molecule has 77 heavy (non-hydrogen) atoms. The van der Waals surface area contributed by atoms with Gasteiger partial charge in [-0.25, -0.2) is 9.97 Å². The molecule has 2 aliphatic heterocycles. The van der Waals surface area contributed by atoms with Gasteiger partial charge in [0.05, 0.1) is 136 Å². The summed E-state index contributed by atoms with van der Waals surface area (Å²) in [5.74, 6) is 5.09. The van der Waals surface area contributed by atoms with Crippen molar-refractivity contribution in [1.29, 1.82) is 0 Å². The molecule has 403 valence electrons. The first-order valence-corrected chi connectivity index (χ1v) is 28.8. The van der Waals surface area contributed by atoms with E-state index in [1.54, 1.807) is 47.0 Å². The molecule has 0 saturated heterocycles. The van der Waals surface area contributed by atoms with Crippen molar-refractivity contribution < 1.29 is 35.4 Å². The van der Waals surface area contributed by atoms with Crippen LogP contribution in [0, 0.1) is 0 Å². The molecule has 0 amide bonds. The Morgan fingerprint density at radius 1 is 0.351 bits per heavy atom. The second-order valence-electron chi connectivity index (χ2n) is 20.4. The Bertz CT molecular complexity index is 3730. The van der Waals surface area contributed by atoms with Crippen molar-refractivity contribution in [1.82, 2.24) is 59.5 Å². The third kappa shape index (κ3) is 12.3. The largest absolute Gasteiger partial charge is 2.00 e. The van der Waals surface area contributed by atoms with E-state index in [1.165, 1.54) is 0 Å². The Labute approximate surface area is 479 Å². The first kappa shape index (κ1) is 57.2. The molecule has 16 nitrogen and oxygen atoms in total. The van der Waals surface area contributed by atoms with Crippen molar-refractivity contribution >= 4 is 112 Å². The van der Waals surface area contributed by atoms with E-state index < -0.39 is 0 Å². The first-order valence-electron chi connectivity index (χ1n) is 24.9. The van der Waals surface area contributed by atoms with Gasteiger partial charge < -0.3 is 29.9 Å². The minimum absolute atomic E-state index is 0. The molecule has 0 N–H and O–H groups in total. The predicted molar refractivity (Wildman–Crippen MR) is 322 cm³/mol. The van der Waals surface area contributed by atoms with E-state index in [0.29, 0.717) is 45.9 Å². The summed E-state index contributed by atoms with van der Waals surface area (Å²) in [6, 6.07) is 25.9. The fraction of sp³-hybridized carbons (Fsp3) is 0.357. The fourth-order valence-electron chi connectivity index (χ4n) is 9.44. The molecule has 7 aromatic rings. The number of nitrogens with zero attached hydrogens (tertiary/aromatic N) is 16. The van der Waals surface area contributed by atoms with E-state index in [2.05, 4.69) is 223 Å². The van der Waals surface area contributed by atoms with Crippen LogP contribution < -0.4 is 9.97 Å². The van der Waals surface area contributed by atoms with Gasteiger partial charge in [-0.3, -0.25) is 37.9 Å². The van der Waals surface area contributed by atoms with Crippen molar-refractivity contribution in [2.24, 2.45) is 0 Å². The summed E-state index contributed by atoms with van der Waals surface area (Å²) in [5, 5.41) is 8.11. The SMILES string of the molecule is CN(C)C(SCc1ccc2c(c1)-c1nc-2nc2[n-]c(nc3nc(nc4[n-]c(n1)c1ccc(CSC(N(C)C)=[N+](C)C)cc41)-c1cc(CSC(N(C)C)=[N+](C)C)ccc1-3)c1ccc(CSC(N(C)C)=[N+](C)C)cc21)=[N+](C)C.[Cu+2]. The summed E-state index contributed by atoms with van der Waals surface area (Å²) in [6.45, 7) is 0. The molecule has 8 bridgehead atoms. The molecule has 0 atom stereocenters. The first-order chi connectivity index (χ1) is 36.2. The molecule has 5 heterocycles. The van der Waals surface area contributed by atoms with Crippen molar-refractivity contribution in [2.45, 2.75) is 23.0 Å². The fourth-order valence-corrected chi connectivity index (χ4v) is 13.4. The number of benzene rings is 4. The van der Waals surface area contributed by atoms with Gasteiger partial charge in [-0.1, -0.05) is 48.5 Å². The van der Waals surface area contributed by atoms with Gasteiger partial charge in [0.1, 0.15) is 0 Å². The number of rotatable bonds is 8. The van der Waals surface area contributed by atoms with Crippen molar-refractivity contribution in [3.63, 3.8) is 0 Å². The Kier molecular flexibility index (Phi) is 17.8. The van der Waals surface area contributed by atoms with E-state index in [0.717, 1.165) is 110 Å². The van der Waals surface area contributed by atoms with Gasteiger partial charge in [0.25, 0.3) is 0 Å². The summed E-state index contributed by atoms with van der Waals surface area (Å²) < 4.78 is 8.57. The Hall–Kier alpha value is -5.96. The average molecular weight is 1160 g/mol. The molecule has 1 radical (unpaired) electrons. The average Bonchev–Trinajstić information content (AvgIpc) is 4.12. The Balaban J connectivity index is 0.00000784. The summed E-state index contributed by atoms with van der Waals surface area (Å²) in [5.41, 5.74) is 10.2. The molecular formula is C56H68CuN16S4+4. The van der Waals surface area contributed by atoms with E-state index in [9.17, 15) is 0 Å². The number of hydrogen-bond acceptors (Lipinski definition) is 10. The standard InChI is InChI=1S/C56H68N16S4.Cu/c1-65(2)53(66(3)4)73-29-33-17-21-37-41(25-33)49-58-45(37)57-46-38-22-18-35(31-75-55(69(9)10)70(11)12)27-43(38)51(59-46)64-52-44-28-36(32-76-56(71(13)14)72(15)16)20-24-40(44)48(63-52)62-50-42-26-34(19-23-39(42)47(60-49)61-50)30-74-54(67(5)6)68(7)8;/h17-28H,29-32H2,1-16H3;/q2*+2. The molecule has 3 aromatic heterocycles. The summed E-state index contributed by atoms with van der Waals surface area (Å²) in [6.07, 6.45) is 0. The topological polar surface area (TPSA) is 131 Å². The zero-order valence-electron chi connectivity index (χ0n) is 46.8. The van der Waals surface area contributed by atoms with Gasteiger partial charge in [-0.15, -0.1) is 0 Å². The van der Waals surface area contributed by atoms with Crippen LogP contribution in [0.4, 0.5) is 0 Å². The maximum Gasteiger partial charge on any atom is 2.00 e. The van der Waals surface area contributed by atoms with Crippen molar-refractivity contribution in [3.05, 3.63) is 95.1 Å². The van der Waals surface area contributed by atoms with Crippen LogP contribution in [-0.4, -0.2) is 201 Å². The summed E-state index contributed by atoms with van der Waals surface area (Å²) in [4.78, 5) is 51.1. The van der Waals surface area contributed by atoms with Crippen LogP contribution >= 0.6 is 47.0 Å². The second kappa shape index (κ2) is 24.0.